The quantitative estimate of drug-likeness (QED) is 0.171. The van der Waals surface area contributed by atoms with Crippen molar-refractivity contribution in [3.63, 3.8) is 0 Å². The molecule has 0 aliphatic carbocycles. The standard InChI is InChI=1S/C37H40N6O2/c1-5-29(44)17-24-10-13-32-25(16-24)14-15-38-36(32)31-9-7-6-8-26(31)21-39-34-20-35(41-37-33(23(2)3)22-40-43(34)37)42-27-11-12-28(42)19-30(18-27)45-4/h5-10,13-16,20,22-23,27-28,30,39H,1,11-12,17-19,21H2,2-4H3. The van der Waals surface area contributed by atoms with Crippen molar-refractivity contribution >= 4 is 33.8 Å². The zero-order valence-electron chi connectivity index (χ0n) is 26.2. The molecule has 2 bridgehead atoms. The van der Waals surface area contributed by atoms with Gasteiger partial charge in [-0.15, -0.1) is 0 Å². The Bertz CT molecular complexity index is 1880. The van der Waals surface area contributed by atoms with Gasteiger partial charge in [0.1, 0.15) is 11.6 Å². The molecule has 230 valence electrons. The Morgan fingerprint density at radius 1 is 1.11 bits per heavy atom. The number of fused-ring (bicyclic) bond motifs is 4. The Labute approximate surface area is 264 Å². The number of aromatic nitrogens is 4. The van der Waals surface area contributed by atoms with Crippen molar-refractivity contribution < 1.29 is 9.53 Å². The van der Waals surface area contributed by atoms with Gasteiger partial charge in [-0.2, -0.15) is 9.61 Å². The highest BCUT2D eigenvalue weighted by molar-refractivity contribution is 5.97. The van der Waals surface area contributed by atoms with Gasteiger partial charge in [0.15, 0.2) is 11.4 Å². The van der Waals surface area contributed by atoms with Crippen molar-refractivity contribution in [3.8, 4) is 11.3 Å². The predicted octanol–water partition coefficient (Wildman–Crippen LogP) is 7.12. The number of nitrogens with one attached hydrogen (secondary N) is 1. The minimum Gasteiger partial charge on any atom is -0.381 e. The van der Waals surface area contributed by atoms with Crippen LogP contribution in [-0.4, -0.2) is 50.7 Å². The largest absolute Gasteiger partial charge is 0.381 e. The number of carbonyl (C=O) groups excluding carboxylic acids is 1. The second-order valence-corrected chi connectivity index (χ2v) is 12.7. The van der Waals surface area contributed by atoms with Crippen molar-refractivity contribution in [1.82, 2.24) is 19.6 Å². The molecule has 45 heavy (non-hydrogen) atoms. The van der Waals surface area contributed by atoms with E-state index in [1.165, 1.54) is 18.9 Å². The van der Waals surface area contributed by atoms with Crippen LogP contribution in [0.15, 0.2) is 79.6 Å². The molecule has 8 nitrogen and oxygen atoms in total. The van der Waals surface area contributed by atoms with E-state index in [1.807, 2.05) is 36.2 Å². The van der Waals surface area contributed by atoms with Gasteiger partial charge in [0, 0.05) is 60.9 Å². The number of anilines is 2. The van der Waals surface area contributed by atoms with Crippen LogP contribution in [0.1, 0.15) is 62.1 Å². The van der Waals surface area contributed by atoms with Gasteiger partial charge in [0.25, 0.3) is 0 Å². The highest BCUT2D eigenvalue weighted by atomic mass is 16.5. The van der Waals surface area contributed by atoms with Crippen molar-refractivity contribution in [2.75, 3.05) is 17.3 Å². The van der Waals surface area contributed by atoms with E-state index in [0.717, 1.165) is 68.8 Å². The first-order chi connectivity index (χ1) is 21.9. The van der Waals surface area contributed by atoms with Crippen LogP contribution in [0, 0.1) is 0 Å². The van der Waals surface area contributed by atoms with Crippen LogP contribution in [0.25, 0.3) is 27.7 Å². The smallest absolute Gasteiger partial charge is 0.163 e. The van der Waals surface area contributed by atoms with Gasteiger partial charge in [-0.25, -0.2) is 4.98 Å². The molecule has 3 aromatic heterocycles. The number of ether oxygens (including phenoxy) is 1. The first-order valence-electron chi connectivity index (χ1n) is 16.0. The average molecular weight is 601 g/mol. The van der Waals surface area contributed by atoms with Gasteiger partial charge in [-0.05, 0) is 60.3 Å². The Balaban J connectivity index is 1.23. The summed E-state index contributed by atoms with van der Waals surface area (Å²) in [5.41, 5.74) is 6.15. The van der Waals surface area contributed by atoms with E-state index in [0.29, 0.717) is 37.1 Å². The number of hydrogen-bond donors (Lipinski definition) is 1. The number of pyridine rings is 1. The fraction of sp³-hybridized carbons (Fsp3) is 0.351. The maximum absolute atomic E-state index is 12.0. The molecule has 1 N–H and O–H groups in total. The van der Waals surface area contributed by atoms with Gasteiger partial charge < -0.3 is 15.0 Å². The summed E-state index contributed by atoms with van der Waals surface area (Å²) >= 11 is 0. The molecule has 2 saturated heterocycles. The fourth-order valence-corrected chi connectivity index (χ4v) is 7.24. The van der Waals surface area contributed by atoms with Gasteiger partial charge >= 0.3 is 0 Å². The third-order valence-electron chi connectivity index (χ3n) is 9.56. The van der Waals surface area contributed by atoms with Gasteiger partial charge in [0.2, 0.25) is 0 Å². The van der Waals surface area contributed by atoms with E-state index < -0.39 is 0 Å². The molecule has 0 amide bonds. The van der Waals surface area contributed by atoms with E-state index in [1.54, 1.807) is 0 Å². The maximum atomic E-state index is 12.0. The zero-order chi connectivity index (χ0) is 31.1. The highest BCUT2D eigenvalue weighted by Gasteiger charge is 2.42. The molecule has 0 radical (unpaired) electrons. The number of carbonyl (C=O) groups is 1. The lowest BCUT2D eigenvalue weighted by Gasteiger charge is -2.39. The van der Waals surface area contributed by atoms with E-state index in [-0.39, 0.29) is 5.78 Å². The first-order valence-corrected chi connectivity index (χ1v) is 16.0. The molecular weight excluding hydrogens is 560 g/mol. The van der Waals surface area contributed by atoms with Crippen molar-refractivity contribution in [2.24, 2.45) is 0 Å². The highest BCUT2D eigenvalue weighted by Crippen LogP contribution is 2.41. The predicted molar refractivity (Wildman–Crippen MR) is 180 cm³/mol. The van der Waals surface area contributed by atoms with Gasteiger partial charge in [-0.1, -0.05) is 62.9 Å². The van der Waals surface area contributed by atoms with E-state index in [9.17, 15) is 4.79 Å². The molecule has 2 aromatic carbocycles. The summed E-state index contributed by atoms with van der Waals surface area (Å²) in [7, 11) is 1.84. The second-order valence-electron chi connectivity index (χ2n) is 12.7. The van der Waals surface area contributed by atoms with E-state index in [2.05, 4.69) is 73.1 Å². The summed E-state index contributed by atoms with van der Waals surface area (Å²) in [5, 5.41) is 10.6. The number of nitrogens with zero attached hydrogens (tertiary/aromatic N) is 5. The first kappa shape index (κ1) is 29.2. The summed E-state index contributed by atoms with van der Waals surface area (Å²) in [6.45, 7) is 8.59. The zero-order valence-corrected chi connectivity index (χ0v) is 26.2. The molecule has 2 fully saturated rings. The fourth-order valence-electron chi connectivity index (χ4n) is 7.24. The van der Waals surface area contributed by atoms with Gasteiger partial charge in [0.05, 0.1) is 18.0 Å². The number of rotatable bonds is 10. The average Bonchev–Trinajstić information content (AvgIpc) is 3.61. The normalized spacial score (nSPS) is 19.5. The van der Waals surface area contributed by atoms with Crippen molar-refractivity contribution in [3.05, 3.63) is 96.3 Å². The number of allylic oxidation sites excluding steroid dienone is 1. The van der Waals surface area contributed by atoms with Crippen LogP contribution in [-0.2, 0) is 22.5 Å². The Morgan fingerprint density at radius 2 is 1.91 bits per heavy atom. The minimum atomic E-state index is 0.0123. The third kappa shape index (κ3) is 5.48. The van der Waals surface area contributed by atoms with E-state index in [4.69, 9.17) is 19.8 Å². The monoisotopic (exact) mass is 600 g/mol. The Kier molecular flexibility index (Phi) is 7.83. The Hall–Kier alpha value is -4.56. The molecule has 2 unspecified atom stereocenters. The van der Waals surface area contributed by atoms with Crippen LogP contribution >= 0.6 is 0 Å². The molecule has 8 heteroatoms. The SMILES string of the molecule is C=CC(=O)Cc1ccc2c(-c3ccccc3CNc3cc(N4C5CCC4CC(OC)C5)nc4c(C(C)C)cnn34)nccc2c1. The summed E-state index contributed by atoms with van der Waals surface area (Å²) in [6.07, 6.45) is 10.3. The van der Waals surface area contributed by atoms with Crippen LogP contribution in [0.4, 0.5) is 11.6 Å². The van der Waals surface area contributed by atoms with Crippen molar-refractivity contribution in [2.45, 2.75) is 76.6 Å². The van der Waals surface area contributed by atoms with Crippen LogP contribution in [0.2, 0.25) is 0 Å². The number of ketones is 1. The number of benzene rings is 2. The summed E-state index contributed by atoms with van der Waals surface area (Å²) in [6, 6.07) is 19.6. The van der Waals surface area contributed by atoms with Crippen LogP contribution in [0.5, 0.6) is 0 Å². The number of hydrogen-bond acceptors (Lipinski definition) is 7. The van der Waals surface area contributed by atoms with Crippen molar-refractivity contribution in [1.29, 1.82) is 0 Å². The lowest BCUT2D eigenvalue weighted by molar-refractivity contribution is -0.114. The Morgan fingerprint density at radius 3 is 2.67 bits per heavy atom. The second kappa shape index (κ2) is 12.1. The molecule has 2 aliphatic heterocycles. The lowest BCUT2D eigenvalue weighted by Crippen LogP contribution is -2.45. The summed E-state index contributed by atoms with van der Waals surface area (Å²) in [5.74, 6) is 2.26. The molecule has 5 heterocycles. The number of methoxy groups -OCH3 is 1. The third-order valence-corrected chi connectivity index (χ3v) is 9.56. The summed E-state index contributed by atoms with van der Waals surface area (Å²) < 4.78 is 7.73. The molecule has 5 aromatic rings. The van der Waals surface area contributed by atoms with E-state index >= 15 is 0 Å². The molecule has 2 atom stereocenters. The molecular formula is C37H40N6O2. The van der Waals surface area contributed by atoms with Gasteiger partial charge in [-0.3, -0.25) is 9.78 Å². The molecule has 2 aliphatic rings. The maximum Gasteiger partial charge on any atom is 0.163 e. The molecule has 0 spiro atoms. The van der Waals surface area contributed by atoms with Crippen LogP contribution < -0.4 is 10.2 Å². The minimum absolute atomic E-state index is 0.0123. The number of piperidine rings is 1. The topological polar surface area (TPSA) is 84.7 Å². The lowest BCUT2D eigenvalue weighted by atomic mass is 9.97. The van der Waals surface area contributed by atoms with Crippen LogP contribution in [0.3, 0.4) is 0 Å². The molecule has 0 saturated carbocycles. The summed E-state index contributed by atoms with van der Waals surface area (Å²) in [4.78, 5) is 24.6. The molecule has 7 rings (SSSR count).